The van der Waals surface area contributed by atoms with Crippen molar-refractivity contribution in [1.82, 2.24) is 5.32 Å². The largest absolute Gasteiger partial charge is 0.317 e. The number of nitrogens with one attached hydrogen (secondary N) is 1. The summed E-state index contributed by atoms with van der Waals surface area (Å²) in [7, 11) is -4.02. The van der Waals surface area contributed by atoms with E-state index in [1.54, 1.807) is 12.1 Å². The fraction of sp³-hybridized carbons (Fsp3) is 0.333. The van der Waals surface area contributed by atoms with E-state index in [1.807, 2.05) is 19.1 Å². The van der Waals surface area contributed by atoms with Crippen LogP contribution in [0.1, 0.15) is 29.9 Å². The van der Waals surface area contributed by atoms with E-state index in [4.69, 9.17) is 16.2 Å². The molecule has 0 radical (unpaired) electrons. The molecule has 2 aromatic rings. The molecular formula is C18H22ClNO3S. The molecule has 1 fully saturated rings. The number of halogens is 1. The van der Waals surface area contributed by atoms with Crippen LogP contribution in [0.2, 0.25) is 5.02 Å². The second-order valence-electron chi connectivity index (χ2n) is 5.86. The van der Waals surface area contributed by atoms with E-state index < -0.39 is 10.1 Å². The van der Waals surface area contributed by atoms with Crippen molar-refractivity contribution in [2.75, 3.05) is 13.1 Å². The van der Waals surface area contributed by atoms with Gasteiger partial charge in [-0.05, 0) is 68.6 Å². The van der Waals surface area contributed by atoms with Gasteiger partial charge in [-0.25, -0.2) is 0 Å². The summed E-state index contributed by atoms with van der Waals surface area (Å²) in [5, 5.41) is 4.20. The van der Waals surface area contributed by atoms with E-state index in [0.717, 1.165) is 29.6 Å². The van der Waals surface area contributed by atoms with Gasteiger partial charge in [-0.1, -0.05) is 41.4 Å². The molecule has 1 aliphatic rings. The smallest absolute Gasteiger partial charge is 0.294 e. The Hall–Kier alpha value is -1.40. The van der Waals surface area contributed by atoms with Crippen molar-refractivity contribution in [2.45, 2.75) is 30.6 Å². The van der Waals surface area contributed by atoms with Crippen LogP contribution in [0.25, 0.3) is 0 Å². The third kappa shape index (κ3) is 5.91. The number of aryl methyl sites for hydroxylation is 1. The van der Waals surface area contributed by atoms with Crippen molar-refractivity contribution in [1.29, 1.82) is 0 Å². The Labute approximate surface area is 148 Å². The molecule has 0 bridgehead atoms. The lowest BCUT2D eigenvalue weighted by Gasteiger charge is -2.22. The van der Waals surface area contributed by atoms with Crippen LogP contribution in [0.15, 0.2) is 53.4 Å². The lowest BCUT2D eigenvalue weighted by Crippen LogP contribution is -2.26. The highest BCUT2D eigenvalue weighted by Crippen LogP contribution is 2.25. The van der Waals surface area contributed by atoms with Crippen LogP contribution in [-0.2, 0) is 10.1 Å². The average molecular weight is 368 g/mol. The minimum atomic E-state index is -4.02. The minimum Gasteiger partial charge on any atom is -0.317 e. The van der Waals surface area contributed by atoms with E-state index in [0.29, 0.717) is 0 Å². The molecule has 4 nitrogen and oxygen atoms in total. The first kappa shape index (κ1) is 18.9. The Morgan fingerprint density at radius 1 is 1.00 bits per heavy atom. The number of hydrogen-bond acceptors (Lipinski definition) is 3. The molecule has 0 spiro atoms. The van der Waals surface area contributed by atoms with Crippen molar-refractivity contribution in [2.24, 2.45) is 0 Å². The lowest BCUT2D eigenvalue weighted by molar-refractivity contribution is 0.460. The van der Waals surface area contributed by atoms with Crippen LogP contribution in [0.4, 0.5) is 0 Å². The number of hydrogen-bond donors (Lipinski definition) is 2. The predicted molar refractivity (Wildman–Crippen MR) is 97.3 cm³/mol. The summed E-state index contributed by atoms with van der Waals surface area (Å²) in [5.74, 6) is 0.735. The molecule has 130 valence electrons. The highest BCUT2D eigenvalue weighted by molar-refractivity contribution is 7.85. The zero-order valence-corrected chi connectivity index (χ0v) is 15.1. The summed E-state index contributed by atoms with van der Waals surface area (Å²) in [6.45, 7) is 4.13. The molecule has 6 heteroatoms. The topological polar surface area (TPSA) is 66.4 Å². The predicted octanol–water partition coefficient (Wildman–Crippen LogP) is 4.05. The molecule has 1 saturated heterocycles. The number of piperidine rings is 1. The zero-order valence-electron chi connectivity index (χ0n) is 13.6. The van der Waals surface area contributed by atoms with Gasteiger partial charge >= 0.3 is 0 Å². The maximum absolute atomic E-state index is 10.5. The molecule has 2 aromatic carbocycles. The summed E-state index contributed by atoms with van der Waals surface area (Å²) < 4.78 is 29.6. The lowest BCUT2D eigenvalue weighted by atomic mass is 9.90. The molecule has 2 N–H and O–H groups in total. The van der Waals surface area contributed by atoms with Crippen molar-refractivity contribution < 1.29 is 13.0 Å². The fourth-order valence-electron chi connectivity index (χ4n) is 2.60. The molecule has 0 aliphatic carbocycles. The Balaban J connectivity index is 0.000000177. The van der Waals surface area contributed by atoms with Gasteiger partial charge in [-0.2, -0.15) is 8.42 Å². The second-order valence-corrected chi connectivity index (χ2v) is 7.72. The third-order valence-corrected chi connectivity index (χ3v) is 5.12. The normalized spacial score (nSPS) is 15.5. The van der Waals surface area contributed by atoms with Gasteiger partial charge in [0.1, 0.15) is 0 Å². The van der Waals surface area contributed by atoms with Gasteiger partial charge in [0, 0.05) is 5.02 Å². The summed E-state index contributed by atoms with van der Waals surface area (Å²) in [6, 6.07) is 14.3. The van der Waals surface area contributed by atoms with Gasteiger partial charge in [0.2, 0.25) is 0 Å². The van der Waals surface area contributed by atoms with Crippen LogP contribution >= 0.6 is 11.6 Å². The van der Waals surface area contributed by atoms with Crippen LogP contribution in [-0.4, -0.2) is 26.1 Å². The fourth-order valence-corrected chi connectivity index (χ4v) is 3.21. The van der Waals surface area contributed by atoms with E-state index in [1.165, 1.54) is 30.5 Å². The Morgan fingerprint density at radius 2 is 1.54 bits per heavy atom. The van der Waals surface area contributed by atoms with Gasteiger partial charge in [0.05, 0.1) is 4.90 Å². The standard InChI is InChI=1S/C11H14ClN.C7H8O3S/c12-11-3-1-9(2-4-11)10-5-7-13-8-6-10;1-6-2-4-7(5-3-6)11(8,9)10/h1-4,10,13H,5-8H2;2-5H,1H3,(H,8,9,10). The number of rotatable bonds is 2. The van der Waals surface area contributed by atoms with Crippen molar-refractivity contribution >= 4 is 21.7 Å². The second kappa shape index (κ2) is 8.62. The molecule has 0 unspecified atom stereocenters. The summed E-state index contributed by atoms with van der Waals surface area (Å²) in [5.41, 5.74) is 2.39. The maximum atomic E-state index is 10.5. The maximum Gasteiger partial charge on any atom is 0.294 e. The first-order chi connectivity index (χ1) is 11.4. The van der Waals surface area contributed by atoms with E-state index in [-0.39, 0.29) is 4.90 Å². The van der Waals surface area contributed by atoms with Crippen molar-refractivity contribution in [3.8, 4) is 0 Å². The molecule has 0 amide bonds. The first-order valence-electron chi connectivity index (χ1n) is 7.86. The highest BCUT2D eigenvalue weighted by Gasteiger charge is 2.14. The SMILES string of the molecule is Cc1ccc(S(=O)(=O)O)cc1.Clc1ccc(C2CCNCC2)cc1. The van der Waals surface area contributed by atoms with Crippen LogP contribution in [0, 0.1) is 6.92 Å². The first-order valence-corrected chi connectivity index (χ1v) is 9.68. The molecule has 0 aromatic heterocycles. The van der Waals surface area contributed by atoms with E-state index in [2.05, 4.69) is 17.4 Å². The van der Waals surface area contributed by atoms with Gasteiger partial charge in [0.15, 0.2) is 0 Å². The molecule has 0 atom stereocenters. The summed E-state index contributed by atoms with van der Waals surface area (Å²) in [6.07, 6.45) is 2.50. The van der Waals surface area contributed by atoms with Gasteiger partial charge in [0.25, 0.3) is 10.1 Å². The Bertz CT molecular complexity index is 737. The van der Waals surface area contributed by atoms with Crippen LogP contribution in [0.3, 0.4) is 0 Å². The summed E-state index contributed by atoms with van der Waals surface area (Å²) >= 11 is 5.84. The minimum absolute atomic E-state index is 0.0666. The summed E-state index contributed by atoms with van der Waals surface area (Å²) in [4.78, 5) is -0.0666. The molecular weight excluding hydrogens is 346 g/mol. The number of benzene rings is 2. The van der Waals surface area contributed by atoms with Crippen LogP contribution in [0.5, 0.6) is 0 Å². The van der Waals surface area contributed by atoms with Crippen LogP contribution < -0.4 is 5.32 Å². The van der Waals surface area contributed by atoms with Gasteiger partial charge in [-0.15, -0.1) is 0 Å². The highest BCUT2D eigenvalue weighted by atomic mass is 35.5. The van der Waals surface area contributed by atoms with Crippen molar-refractivity contribution in [3.63, 3.8) is 0 Å². The molecule has 1 aliphatic heterocycles. The molecule has 24 heavy (non-hydrogen) atoms. The average Bonchev–Trinajstić information content (AvgIpc) is 2.56. The van der Waals surface area contributed by atoms with Gasteiger partial charge < -0.3 is 5.32 Å². The quantitative estimate of drug-likeness (QED) is 0.786. The van der Waals surface area contributed by atoms with E-state index in [9.17, 15) is 8.42 Å². The monoisotopic (exact) mass is 367 g/mol. The Morgan fingerprint density at radius 3 is 2.04 bits per heavy atom. The molecule has 3 rings (SSSR count). The van der Waals surface area contributed by atoms with Gasteiger partial charge in [-0.3, -0.25) is 4.55 Å². The third-order valence-electron chi connectivity index (χ3n) is 4.00. The van der Waals surface area contributed by atoms with E-state index >= 15 is 0 Å². The Kier molecular flexibility index (Phi) is 6.80. The zero-order chi connectivity index (χ0) is 17.6. The van der Waals surface area contributed by atoms with Crippen molar-refractivity contribution in [3.05, 3.63) is 64.7 Å². The molecule has 1 heterocycles. The molecule has 0 saturated carbocycles.